The van der Waals surface area contributed by atoms with E-state index < -0.39 is 42.4 Å². The molecule has 1 aliphatic heterocycles. The van der Waals surface area contributed by atoms with Crippen molar-refractivity contribution in [2.75, 3.05) is 12.3 Å². The van der Waals surface area contributed by atoms with Gasteiger partial charge in [0.2, 0.25) is 0 Å². The maximum Gasteiger partial charge on any atom is 0.303 e. The molecule has 1 saturated heterocycles. The largest absolute Gasteiger partial charge is 0.463 e. The average molecular weight is 418 g/mol. The number of esters is 3. The number of ether oxygens (including phenoxy) is 4. The van der Waals surface area contributed by atoms with Crippen LogP contribution in [0.5, 0.6) is 0 Å². The number of hydrogen-bond acceptors (Lipinski definition) is 12. The Balaban J connectivity index is 2.09. The molecule has 1 fully saturated rings. The van der Waals surface area contributed by atoms with Gasteiger partial charge in [-0.3, -0.25) is 14.4 Å². The summed E-state index contributed by atoms with van der Waals surface area (Å²) in [4.78, 5) is 42.6. The zero-order valence-corrected chi connectivity index (χ0v) is 16.3. The molecule has 2 aromatic rings. The highest BCUT2D eigenvalue weighted by atomic mass is 16.7. The van der Waals surface area contributed by atoms with Crippen molar-refractivity contribution < 1.29 is 33.3 Å². The van der Waals surface area contributed by atoms with Gasteiger partial charge >= 0.3 is 17.9 Å². The number of fused-ring (bicyclic) bond motifs is 1. The number of carbonyl (C=O) groups is 3. The van der Waals surface area contributed by atoms with Crippen molar-refractivity contribution in [3.63, 3.8) is 0 Å². The van der Waals surface area contributed by atoms with Gasteiger partial charge in [-0.15, -0.1) is 0 Å². The fourth-order valence-corrected chi connectivity index (χ4v) is 3.14. The molecular formula is C17H18N6O7. The molecule has 0 bridgehead atoms. The summed E-state index contributed by atoms with van der Waals surface area (Å²) < 4.78 is 22.7. The van der Waals surface area contributed by atoms with Crippen molar-refractivity contribution in [3.8, 4) is 6.07 Å². The lowest BCUT2D eigenvalue weighted by Gasteiger charge is -2.23. The van der Waals surface area contributed by atoms with E-state index >= 15 is 0 Å². The second-order valence-corrected chi connectivity index (χ2v) is 6.38. The van der Waals surface area contributed by atoms with E-state index in [4.69, 9.17) is 24.7 Å². The molecule has 0 aromatic carbocycles. The van der Waals surface area contributed by atoms with Gasteiger partial charge in [0.25, 0.3) is 0 Å². The normalized spacial score (nSPS) is 23.0. The molecule has 0 aliphatic carbocycles. The zero-order valence-electron chi connectivity index (χ0n) is 16.3. The smallest absolute Gasteiger partial charge is 0.303 e. The number of nitrogens with two attached hydrogens (primary N) is 1. The van der Waals surface area contributed by atoms with Crippen molar-refractivity contribution in [3.05, 3.63) is 12.0 Å². The summed E-state index contributed by atoms with van der Waals surface area (Å²) in [5.74, 6) is -1.89. The standard InChI is InChI=1S/C17H18N6O7/c1-7(24)27-5-11-13(28-8(2)25)14(29-9(3)26)17(30-11)23-16-12(10(4-18)22-23)15(19)20-6-21-16/h6,11,13-14,17H,5H2,1-3H3,(H2,19,20,21)/t11-,13-,14-,17-/m1/s1. The van der Waals surface area contributed by atoms with Gasteiger partial charge < -0.3 is 24.7 Å². The lowest BCUT2D eigenvalue weighted by Crippen LogP contribution is -2.40. The SMILES string of the molecule is CC(=O)OC[C@H]1O[C@@H](n2nc(C#N)c3c(N)ncnc32)[C@H](OC(C)=O)[C@@H]1OC(C)=O. The van der Waals surface area contributed by atoms with E-state index in [0.29, 0.717) is 0 Å². The number of nitrogen functional groups attached to an aromatic ring is 1. The summed E-state index contributed by atoms with van der Waals surface area (Å²) >= 11 is 0. The molecule has 2 aromatic heterocycles. The lowest BCUT2D eigenvalue weighted by molar-refractivity contribution is -0.166. The van der Waals surface area contributed by atoms with Crippen molar-refractivity contribution in [1.82, 2.24) is 19.7 Å². The highest BCUT2D eigenvalue weighted by Gasteiger charge is 2.51. The van der Waals surface area contributed by atoms with Gasteiger partial charge in [-0.1, -0.05) is 0 Å². The number of anilines is 1. The summed E-state index contributed by atoms with van der Waals surface area (Å²) in [7, 11) is 0. The fraction of sp³-hybridized carbons (Fsp3) is 0.471. The Labute approximate surface area is 169 Å². The van der Waals surface area contributed by atoms with Crippen LogP contribution < -0.4 is 5.73 Å². The van der Waals surface area contributed by atoms with Crippen molar-refractivity contribution in [1.29, 1.82) is 5.26 Å². The molecular weight excluding hydrogens is 400 g/mol. The first kappa shape index (κ1) is 20.9. The molecule has 13 heteroatoms. The van der Waals surface area contributed by atoms with Gasteiger partial charge in [-0.25, -0.2) is 14.6 Å². The minimum Gasteiger partial charge on any atom is -0.463 e. The number of aromatic nitrogens is 4. The second-order valence-electron chi connectivity index (χ2n) is 6.38. The van der Waals surface area contributed by atoms with Gasteiger partial charge in [0.1, 0.15) is 30.9 Å². The van der Waals surface area contributed by atoms with Crippen molar-refractivity contribution >= 4 is 34.8 Å². The molecule has 158 valence electrons. The van der Waals surface area contributed by atoms with Crippen LogP contribution in [0, 0.1) is 11.3 Å². The van der Waals surface area contributed by atoms with Crippen molar-refractivity contribution in [2.45, 2.75) is 45.3 Å². The van der Waals surface area contributed by atoms with E-state index in [1.54, 1.807) is 0 Å². The molecule has 4 atom stereocenters. The minimum absolute atomic E-state index is 0.0258. The third-order valence-electron chi connectivity index (χ3n) is 4.21. The van der Waals surface area contributed by atoms with Crippen LogP contribution in [-0.4, -0.2) is 62.6 Å². The number of hydrogen-bond donors (Lipinski definition) is 1. The molecule has 1 aliphatic rings. The Bertz CT molecular complexity index is 1050. The number of rotatable bonds is 5. The van der Waals surface area contributed by atoms with Gasteiger partial charge in [0.05, 0.1) is 5.39 Å². The van der Waals surface area contributed by atoms with Crippen molar-refractivity contribution in [2.24, 2.45) is 0 Å². The van der Waals surface area contributed by atoms with E-state index in [-0.39, 0.29) is 29.2 Å². The fourth-order valence-electron chi connectivity index (χ4n) is 3.14. The number of carbonyl (C=O) groups excluding carboxylic acids is 3. The van der Waals surface area contributed by atoms with Crippen LogP contribution in [-0.2, 0) is 33.3 Å². The first-order valence-corrected chi connectivity index (χ1v) is 8.75. The Morgan fingerprint density at radius 3 is 2.43 bits per heavy atom. The van der Waals surface area contributed by atoms with Gasteiger partial charge in [0.15, 0.2) is 29.8 Å². The lowest BCUT2D eigenvalue weighted by atomic mass is 10.1. The molecule has 3 heterocycles. The maximum absolute atomic E-state index is 11.7. The zero-order chi connectivity index (χ0) is 22.0. The predicted octanol–water partition coefficient (Wildman–Crippen LogP) is -0.396. The third kappa shape index (κ3) is 3.98. The van der Waals surface area contributed by atoms with Gasteiger partial charge in [0, 0.05) is 20.8 Å². The highest BCUT2D eigenvalue weighted by Crippen LogP contribution is 2.36. The predicted molar refractivity (Wildman–Crippen MR) is 96.1 cm³/mol. The summed E-state index contributed by atoms with van der Waals surface area (Å²) in [5.41, 5.74) is 5.93. The Kier molecular flexibility index (Phi) is 5.79. The first-order valence-electron chi connectivity index (χ1n) is 8.75. The van der Waals surface area contributed by atoms with Crippen LogP contribution in [0.1, 0.15) is 32.7 Å². The molecule has 3 rings (SSSR count). The molecule has 2 N–H and O–H groups in total. The summed E-state index contributed by atoms with van der Waals surface area (Å²) in [6.07, 6.45) is -3.24. The van der Waals surface area contributed by atoms with Crippen LogP contribution >= 0.6 is 0 Å². The van der Waals surface area contributed by atoms with Gasteiger partial charge in [-0.05, 0) is 0 Å². The molecule has 0 unspecified atom stereocenters. The maximum atomic E-state index is 11.7. The van der Waals surface area contributed by atoms with E-state index in [1.807, 2.05) is 6.07 Å². The van der Waals surface area contributed by atoms with E-state index in [9.17, 15) is 19.6 Å². The number of nitrogens with zero attached hydrogens (tertiary/aromatic N) is 5. The Hall–Kier alpha value is -3.79. The van der Waals surface area contributed by atoms with E-state index in [2.05, 4.69) is 15.1 Å². The Morgan fingerprint density at radius 1 is 1.17 bits per heavy atom. The summed E-state index contributed by atoms with van der Waals surface area (Å²) in [5, 5.41) is 13.8. The minimum atomic E-state index is -1.17. The molecule has 13 nitrogen and oxygen atoms in total. The van der Waals surface area contributed by atoms with Crippen LogP contribution in [0.15, 0.2) is 6.33 Å². The second kappa shape index (κ2) is 8.29. The average Bonchev–Trinajstić information content (AvgIpc) is 3.19. The summed E-state index contributed by atoms with van der Waals surface area (Å²) in [6, 6.07) is 1.90. The molecule has 0 spiro atoms. The molecule has 30 heavy (non-hydrogen) atoms. The number of nitriles is 1. The first-order chi connectivity index (χ1) is 14.2. The van der Waals surface area contributed by atoms with Crippen LogP contribution in [0.3, 0.4) is 0 Å². The quantitative estimate of drug-likeness (QED) is 0.491. The molecule has 0 radical (unpaired) electrons. The highest BCUT2D eigenvalue weighted by molar-refractivity contribution is 5.90. The van der Waals surface area contributed by atoms with Gasteiger partial charge in [-0.2, -0.15) is 10.4 Å². The van der Waals surface area contributed by atoms with Crippen LogP contribution in [0.2, 0.25) is 0 Å². The Morgan fingerprint density at radius 2 is 1.83 bits per heavy atom. The third-order valence-corrected chi connectivity index (χ3v) is 4.21. The van der Waals surface area contributed by atoms with E-state index in [0.717, 1.165) is 0 Å². The van der Waals surface area contributed by atoms with E-state index in [1.165, 1.54) is 31.8 Å². The summed E-state index contributed by atoms with van der Waals surface area (Å²) in [6.45, 7) is 3.27. The topological polar surface area (TPSA) is 182 Å². The monoisotopic (exact) mass is 418 g/mol. The molecule has 0 amide bonds. The van der Waals surface area contributed by atoms with Crippen LogP contribution in [0.4, 0.5) is 5.82 Å². The molecule has 0 saturated carbocycles. The van der Waals surface area contributed by atoms with Crippen LogP contribution in [0.25, 0.3) is 11.0 Å².